The molecule has 0 aromatic carbocycles. The molecule has 0 aliphatic heterocycles. The third-order valence-electron chi connectivity index (χ3n) is 6.97. The van der Waals surface area contributed by atoms with Crippen molar-refractivity contribution < 1.29 is 0 Å². The lowest BCUT2D eigenvalue weighted by molar-refractivity contribution is -0.0463. The summed E-state index contributed by atoms with van der Waals surface area (Å²) in [5.74, 6) is 5.28. The Morgan fingerprint density at radius 1 is 0.950 bits per heavy atom. The van der Waals surface area contributed by atoms with Gasteiger partial charge in [-0.25, -0.2) is 0 Å². The molecule has 5 aliphatic carbocycles. The first-order valence-electron chi connectivity index (χ1n) is 9.21. The van der Waals surface area contributed by atoms with Crippen molar-refractivity contribution in [2.45, 2.75) is 70.3 Å². The average molecular weight is 273 g/mol. The summed E-state index contributed by atoms with van der Waals surface area (Å²) in [5.41, 5.74) is 1.78. The molecule has 1 unspecified atom stereocenters. The van der Waals surface area contributed by atoms with E-state index in [1.807, 2.05) is 0 Å². The largest absolute Gasteiger partial charge is 0.313 e. The molecule has 112 valence electrons. The molecule has 1 N–H and O–H groups in total. The van der Waals surface area contributed by atoms with Crippen molar-refractivity contribution in [1.82, 2.24) is 5.32 Å². The molecule has 0 radical (unpaired) electrons. The van der Waals surface area contributed by atoms with Crippen LogP contribution in [0.1, 0.15) is 64.2 Å². The molecule has 0 aromatic heterocycles. The van der Waals surface area contributed by atoms with Crippen molar-refractivity contribution in [3.05, 3.63) is 11.6 Å². The Morgan fingerprint density at radius 3 is 2.30 bits per heavy atom. The second-order valence-electron chi connectivity index (χ2n) is 8.15. The fraction of sp³-hybridized carbons (Fsp3) is 0.895. The van der Waals surface area contributed by atoms with Crippen LogP contribution >= 0.6 is 0 Å². The average Bonchev–Trinajstić information content (AvgIpc) is 2.71. The van der Waals surface area contributed by atoms with E-state index < -0.39 is 0 Å². The van der Waals surface area contributed by atoms with Crippen LogP contribution in [0.5, 0.6) is 0 Å². The Morgan fingerprint density at radius 2 is 1.65 bits per heavy atom. The highest BCUT2D eigenvalue weighted by Crippen LogP contribution is 2.58. The van der Waals surface area contributed by atoms with Crippen molar-refractivity contribution >= 4 is 0 Å². The number of likely N-dealkylation sites (N-methyl/N-ethyl adjacent to an activating group) is 1. The molecule has 20 heavy (non-hydrogen) atoms. The molecule has 0 spiro atoms. The Kier molecular flexibility index (Phi) is 3.66. The van der Waals surface area contributed by atoms with Gasteiger partial charge in [0.05, 0.1) is 0 Å². The highest BCUT2D eigenvalue weighted by molar-refractivity contribution is 5.17. The second kappa shape index (κ2) is 5.48. The van der Waals surface area contributed by atoms with Gasteiger partial charge in [0.1, 0.15) is 0 Å². The van der Waals surface area contributed by atoms with Gasteiger partial charge in [-0.05, 0) is 94.4 Å². The van der Waals surface area contributed by atoms with Gasteiger partial charge in [0.25, 0.3) is 0 Å². The fourth-order valence-electron chi connectivity index (χ4n) is 6.46. The number of hydrogen-bond donors (Lipinski definition) is 1. The van der Waals surface area contributed by atoms with Gasteiger partial charge >= 0.3 is 0 Å². The van der Waals surface area contributed by atoms with E-state index in [1.54, 1.807) is 37.7 Å². The van der Waals surface area contributed by atoms with Gasteiger partial charge in [0.2, 0.25) is 0 Å². The maximum atomic E-state index is 3.76. The van der Waals surface area contributed by atoms with Crippen LogP contribution in [0.4, 0.5) is 0 Å². The fourth-order valence-corrected chi connectivity index (χ4v) is 6.46. The Labute approximate surface area is 124 Å². The van der Waals surface area contributed by atoms with Crippen molar-refractivity contribution in [2.75, 3.05) is 7.05 Å². The lowest BCUT2D eigenvalue weighted by Crippen LogP contribution is -2.53. The molecule has 1 nitrogen and oxygen atoms in total. The summed E-state index contributed by atoms with van der Waals surface area (Å²) < 4.78 is 0. The minimum Gasteiger partial charge on any atom is -0.313 e. The number of hydrogen-bond acceptors (Lipinski definition) is 1. The van der Waals surface area contributed by atoms with Crippen LogP contribution in [0.15, 0.2) is 11.6 Å². The summed E-state index contributed by atoms with van der Waals surface area (Å²) in [7, 11) is 2.22. The summed E-state index contributed by atoms with van der Waals surface area (Å²) in [6.07, 6.45) is 17.4. The summed E-state index contributed by atoms with van der Waals surface area (Å²) in [6, 6.07) is 0.711. The monoisotopic (exact) mass is 273 g/mol. The van der Waals surface area contributed by atoms with Crippen LogP contribution in [0.2, 0.25) is 0 Å². The predicted molar refractivity (Wildman–Crippen MR) is 84.6 cm³/mol. The van der Waals surface area contributed by atoms with Gasteiger partial charge in [0.15, 0.2) is 0 Å². The van der Waals surface area contributed by atoms with Crippen LogP contribution in [-0.4, -0.2) is 13.1 Å². The van der Waals surface area contributed by atoms with E-state index in [2.05, 4.69) is 18.4 Å². The SMILES string of the molecule is CNC(C1=CCCCCC1)C1C2CC3CC(C2)CC1C3. The standard InChI is InChI=1S/C19H31N/c1-20-19(15-6-4-2-3-5-7-15)18-16-9-13-8-14(11-16)12-17(18)10-13/h6,13-14,16-20H,2-5,7-12H2,1H3. The zero-order valence-electron chi connectivity index (χ0n) is 13.1. The maximum Gasteiger partial charge on any atom is 0.0310 e. The quantitative estimate of drug-likeness (QED) is 0.745. The van der Waals surface area contributed by atoms with Crippen LogP contribution in [0.25, 0.3) is 0 Å². The molecule has 1 atom stereocenters. The Balaban J connectivity index is 1.56. The Bertz CT molecular complexity index is 355. The van der Waals surface area contributed by atoms with Crippen LogP contribution in [0.3, 0.4) is 0 Å². The van der Waals surface area contributed by atoms with E-state index in [0.717, 1.165) is 29.6 Å². The van der Waals surface area contributed by atoms with Gasteiger partial charge in [0, 0.05) is 6.04 Å². The molecule has 5 rings (SSSR count). The minimum absolute atomic E-state index is 0.711. The third-order valence-corrected chi connectivity index (χ3v) is 6.97. The highest BCUT2D eigenvalue weighted by atomic mass is 14.9. The van der Waals surface area contributed by atoms with Crippen LogP contribution < -0.4 is 5.32 Å². The lowest BCUT2D eigenvalue weighted by Gasteiger charge is -2.56. The summed E-state index contributed by atoms with van der Waals surface area (Å²) in [6.45, 7) is 0. The number of rotatable bonds is 3. The topological polar surface area (TPSA) is 12.0 Å². The smallest absolute Gasteiger partial charge is 0.0310 e. The molecule has 0 heterocycles. The Hall–Kier alpha value is -0.300. The number of nitrogens with one attached hydrogen (secondary N) is 1. The lowest BCUT2D eigenvalue weighted by atomic mass is 9.50. The molecule has 0 amide bonds. The predicted octanol–water partition coefficient (Wildman–Crippen LogP) is 4.54. The van der Waals surface area contributed by atoms with Crippen LogP contribution in [0, 0.1) is 29.6 Å². The van der Waals surface area contributed by atoms with Gasteiger partial charge in [-0.3, -0.25) is 0 Å². The van der Waals surface area contributed by atoms with Gasteiger partial charge in [-0.15, -0.1) is 0 Å². The zero-order chi connectivity index (χ0) is 13.5. The van der Waals surface area contributed by atoms with Crippen LogP contribution in [-0.2, 0) is 0 Å². The van der Waals surface area contributed by atoms with E-state index in [4.69, 9.17) is 0 Å². The van der Waals surface area contributed by atoms with Crippen molar-refractivity contribution in [2.24, 2.45) is 29.6 Å². The molecule has 4 bridgehead atoms. The molecule has 1 heteroatoms. The van der Waals surface area contributed by atoms with E-state index in [9.17, 15) is 0 Å². The van der Waals surface area contributed by atoms with Gasteiger partial charge in [-0.2, -0.15) is 0 Å². The molecule has 0 aromatic rings. The maximum absolute atomic E-state index is 3.76. The molecule has 4 fully saturated rings. The van der Waals surface area contributed by atoms with Gasteiger partial charge in [-0.1, -0.05) is 18.1 Å². The van der Waals surface area contributed by atoms with Gasteiger partial charge < -0.3 is 5.32 Å². The normalized spacial score (nSPS) is 45.0. The van der Waals surface area contributed by atoms with Crippen molar-refractivity contribution in [3.8, 4) is 0 Å². The van der Waals surface area contributed by atoms with E-state index in [0.29, 0.717) is 6.04 Å². The zero-order valence-corrected chi connectivity index (χ0v) is 13.1. The molecule has 5 aliphatic rings. The first-order chi connectivity index (χ1) is 9.85. The molecular weight excluding hydrogens is 242 g/mol. The molecular formula is C19H31N. The van der Waals surface area contributed by atoms with E-state index in [-0.39, 0.29) is 0 Å². The van der Waals surface area contributed by atoms with Crippen molar-refractivity contribution in [1.29, 1.82) is 0 Å². The first kappa shape index (κ1) is 13.4. The summed E-state index contributed by atoms with van der Waals surface area (Å²) in [5, 5.41) is 3.76. The minimum atomic E-state index is 0.711. The third kappa shape index (κ3) is 2.26. The summed E-state index contributed by atoms with van der Waals surface area (Å²) >= 11 is 0. The summed E-state index contributed by atoms with van der Waals surface area (Å²) in [4.78, 5) is 0. The van der Waals surface area contributed by atoms with E-state index in [1.165, 1.54) is 32.1 Å². The first-order valence-corrected chi connectivity index (χ1v) is 9.21. The van der Waals surface area contributed by atoms with E-state index >= 15 is 0 Å². The molecule has 4 saturated carbocycles. The molecule has 0 saturated heterocycles. The highest BCUT2D eigenvalue weighted by Gasteiger charge is 2.50. The second-order valence-corrected chi connectivity index (χ2v) is 8.15. The number of allylic oxidation sites excluding steroid dienone is 1. The van der Waals surface area contributed by atoms with Crippen molar-refractivity contribution in [3.63, 3.8) is 0 Å².